The minimum Gasteiger partial charge on any atom is -0.368 e. The molecule has 2 heterocycles. The van der Waals surface area contributed by atoms with Gasteiger partial charge in [-0.15, -0.1) is 29.9 Å². The van der Waals surface area contributed by atoms with Gasteiger partial charge in [0.1, 0.15) is 0 Å². The van der Waals surface area contributed by atoms with Crippen LogP contribution in [0, 0.1) is 0 Å². The Morgan fingerprint density at radius 3 is 2.46 bits per heavy atom. The molecule has 144 valence electrons. The Morgan fingerprint density at radius 1 is 1.23 bits per heavy atom. The quantitative estimate of drug-likeness (QED) is 0.679. The van der Waals surface area contributed by atoms with Crippen molar-refractivity contribution >= 4 is 54.2 Å². The van der Waals surface area contributed by atoms with Gasteiger partial charge in [0, 0.05) is 31.2 Å². The molecule has 1 saturated heterocycles. The van der Waals surface area contributed by atoms with E-state index in [0.717, 1.165) is 5.56 Å². The minimum absolute atomic E-state index is 0. The summed E-state index contributed by atoms with van der Waals surface area (Å²) in [5.41, 5.74) is 12.5. The lowest BCUT2D eigenvalue weighted by Gasteiger charge is -2.35. The third kappa shape index (κ3) is 5.14. The maximum Gasteiger partial charge on any atom is 0.246 e. The number of hydrogen-bond donors (Lipinski definition) is 3. The lowest BCUT2D eigenvalue weighted by Crippen LogP contribution is -2.54. The molecule has 3 rings (SSSR count). The Labute approximate surface area is 169 Å². The first-order valence-electron chi connectivity index (χ1n) is 7.75. The Balaban J connectivity index is 0.00000169. The van der Waals surface area contributed by atoms with E-state index in [-0.39, 0.29) is 36.7 Å². The minimum atomic E-state index is -0.601. The number of carbonyl (C=O) groups excluding carboxylic acids is 1. The van der Waals surface area contributed by atoms with Gasteiger partial charge in [0.2, 0.25) is 17.8 Å². The molecule has 26 heavy (non-hydrogen) atoms. The lowest BCUT2D eigenvalue weighted by molar-refractivity contribution is -0.132. The van der Waals surface area contributed by atoms with Gasteiger partial charge in [-0.3, -0.25) is 4.79 Å². The molecule has 0 unspecified atom stereocenters. The van der Waals surface area contributed by atoms with Crippen molar-refractivity contribution in [2.45, 2.75) is 12.5 Å². The number of nitrogens with zero attached hydrogens (tertiary/aromatic N) is 4. The summed E-state index contributed by atoms with van der Waals surface area (Å²) in [6.45, 7) is 2.43. The highest BCUT2D eigenvalue weighted by Gasteiger charge is 2.27. The topological polar surface area (TPSA) is 117 Å². The van der Waals surface area contributed by atoms with Crippen LogP contribution >= 0.6 is 36.4 Å². The lowest BCUT2D eigenvalue weighted by atomic mass is 10.1. The van der Waals surface area contributed by atoms with Crippen LogP contribution in [0.15, 0.2) is 24.3 Å². The summed E-state index contributed by atoms with van der Waals surface area (Å²) in [5, 5.41) is 7.28. The summed E-state index contributed by atoms with van der Waals surface area (Å²) in [6.07, 6.45) is 0.427. The van der Waals surface area contributed by atoms with Crippen LogP contribution in [0.2, 0.25) is 5.02 Å². The highest BCUT2D eigenvalue weighted by molar-refractivity contribution is 6.31. The van der Waals surface area contributed by atoms with Crippen LogP contribution in [-0.2, 0) is 11.2 Å². The number of amides is 1. The van der Waals surface area contributed by atoms with Gasteiger partial charge < -0.3 is 21.3 Å². The Hall–Kier alpha value is -1.74. The molecule has 11 heteroatoms. The second kappa shape index (κ2) is 9.82. The van der Waals surface area contributed by atoms with E-state index in [1.807, 2.05) is 23.1 Å². The molecule has 1 atom stereocenters. The molecule has 0 spiro atoms. The zero-order valence-electron chi connectivity index (χ0n) is 14.0. The first-order chi connectivity index (χ1) is 11.5. The monoisotopic (exact) mass is 421 g/mol. The van der Waals surface area contributed by atoms with Crippen molar-refractivity contribution < 1.29 is 4.79 Å². The fourth-order valence-electron chi connectivity index (χ4n) is 2.76. The molecule has 0 radical (unpaired) electrons. The Bertz CT molecular complexity index is 719. The van der Waals surface area contributed by atoms with E-state index in [1.165, 1.54) is 0 Å². The van der Waals surface area contributed by atoms with E-state index < -0.39 is 6.04 Å². The molecule has 2 aromatic rings. The number of H-pyrrole nitrogens is 1. The average Bonchev–Trinajstić information content (AvgIpc) is 3.03. The molecule has 1 aromatic heterocycles. The molecule has 1 amide bonds. The standard InChI is InChI=1S/C15H20ClN7O.2ClH/c16-11-4-2-1-3-10(11)9-12(17)13(24)22-5-7-23(8-6-22)15-19-14(18)20-21-15;;/h1-4,12H,5-9,17H2,(H3,18,19,20,21);2*1H/t12-;;/m0../s1. The first-order valence-corrected chi connectivity index (χ1v) is 8.13. The molecule has 8 nitrogen and oxygen atoms in total. The number of aromatic nitrogens is 3. The number of benzene rings is 1. The van der Waals surface area contributed by atoms with Crippen LogP contribution < -0.4 is 16.4 Å². The number of nitrogens with one attached hydrogen (secondary N) is 1. The summed E-state index contributed by atoms with van der Waals surface area (Å²) >= 11 is 6.13. The molecule has 1 fully saturated rings. The van der Waals surface area contributed by atoms with Gasteiger partial charge in [-0.2, -0.15) is 4.98 Å². The van der Waals surface area contributed by atoms with Gasteiger partial charge in [0.25, 0.3) is 0 Å². The predicted octanol–water partition coefficient (Wildman–Crippen LogP) is 1.10. The molecule has 0 saturated carbocycles. The van der Waals surface area contributed by atoms with E-state index in [4.69, 9.17) is 23.1 Å². The second-order valence-corrected chi connectivity index (χ2v) is 6.14. The van der Waals surface area contributed by atoms with Crippen molar-refractivity contribution in [2.24, 2.45) is 5.73 Å². The number of hydrogen-bond acceptors (Lipinski definition) is 6. The van der Waals surface area contributed by atoms with Crippen molar-refractivity contribution in [1.29, 1.82) is 0 Å². The van der Waals surface area contributed by atoms with Crippen LogP contribution in [0.4, 0.5) is 11.9 Å². The van der Waals surface area contributed by atoms with Crippen LogP contribution in [0.5, 0.6) is 0 Å². The van der Waals surface area contributed by atoms with Gasteiger partial charge >= 0.3 is 0 Å². The van der Waals surface area contributed by atoms with Gasteiger partial charge in [-0.1, -0.05) is 29.8 Å². The second-order valence-electron chi connectivity index (χ2n) is 5.74. The van der Waals surface area contributed by atoms with E-state index >= 15 is 0 Å². The molecular formula is C15H22Cl3N7O. The van der Waals surface area contributed by atoms with E-state index in [0.29, 0.717) is 43.6 Å². The summed E-state index contributed by atoms with van der Waals surface area (Å²) in [6, 6.07) is 6.83. The Morgan fingerprint density at radius 2 is 1.88 bits per heavy atom. The molecular weight excluding hydrogens is 401 g/mol. The maximum atomic E-state index is 12.5. The van der Waals surface area contributed by atoms with Crippen molar-refractivity contribution in [3.05, 3.63) is 34.9 Å². The van der Waals surface area contributed by atoms with Gasteiger partial charge in [-0.25, -0.2) is 5.10 Å². The van der Waals surface area contributed by atoms with E-state index in [1.54, 1.807) is 11.0 Å². The van der Waals surface area contributed by atoms with Crippen LogP contribution in [-0.4, -0.2) is 58.2 Å². The summed E-state index contributed by atoms with van der Waals surface area (Å²) in [4.78, 5) is 20.4. The zero-order valence-corrected chi connectivity index (χ0v) is 16.4. The van der Waals surface area contributed by atoms with Gasteiger partial charge in [-0.05, 0) is 18.1 Å². The van der Waals surface area contributed by atoms with Crippen molar-refractivity contribution in [3.8, 4) is 0 Å². The molecule has 0 bridgehead atoms. The molecule has 1 aliphatic heterocycles. The molecule has 1 aromatic carbocycles. The molecule has 5 N–H and O–H groups in total. The SMILES string of the molecule is Cl.Cl.Nc1nc(N2CCN(C(=O)[C@@H](N)Cc3ccccc3Cl)CC2)n[nH]1. The van der Waals surface area contributed by atoms with Crippen molar-refractivity contribution in [3.63, 3.8) is 0 Å². The number of aromatic amines is 1. The highest BCUT2D eigenvalue weighted by Crippen LogP contribution is 2.17. The number of rotatable bonds is 4. The Kier molecular flexibility index (Phi) is 8.42. The number of anilines is 2. The van der Waals surface area contributed by atoms with Crippen LogP contribution in [0.3, 0.4) is 0 Å². The first kappa shape index (κ1) is 22.3. The largest absolute Gasteiger partial charge is 0.368 e. The summed E-state index contributed by atoms with van der Waals surface area (Å²) in [7, 11) is 0. The maximum absolute atomic E-state index is 12.5. The number of piperazine rings is 1. The van der Waals surface area contributed by atoms with Crippen molar-refractivity contribution in [1.82, 2.24) is 20.1 Å². The third-order valence-electron chi connectivity index (χ3n) is 4.08. The number of nitrogen functional groups attached to an aromatic ring is 1. The molecule has 1 aliphatic rings. The van der Waals surface area contributed by atoms with Crippen LogP contribution in [0.1, 0.15) is 5.56 Å². The normalized spacial score (nSPS) is 15.0. The number of halogens is 3. The highest BCUT2D eigenvalue weighted by atomic mass is 35.5. The fraction of sp³-hybridized carbons (Fsp3) is 0.400. The smallest absolute Gasteiger partial charge is 0.246 e. The fourth-order valence-corrected chi connectivity index (χ4v) is 2.97. The third-order valence-corrected chi connectivity index (χ3v) is 4.45. The molecule has 0 aliphatic carbocycles. The summed E-state index contributed by atoms with van der Waals surface area (Å²) in [5.74, 6) is 0.773. The number of nitrogens with two attached hydrogens (primary N) is 2. The predicted molar refractivity (Wildman–Crippen MR) is 107 cm³/mol. The number of carbonyl (C=O) groups is 1. The zero-order chi connectivity index (χ0) is 17.1. The van der Waals surface area contributed by atoms with Gasteiger partial charge in [0.15, 0.2) is 0 Å². The van der Waals surface area contributed by atoms with Crippen LogP contribution in [0.25, 0.3) is 0 Å². The van der Waals surface area contributed by atoms with E-state index in [9.17, 15) is 4.79 Å². The van der Waals surface area contributed by atoms with Gasteiger partial charge in [0.05, 0.1) is 6.04 Å². The van der Waals surface area contributed by atoms with Crippen molar-refractivity contribution in [2.75, 3.05) is 36.8 Å². The summed E-state index contributed by atoms with van der Waals surface area (Å²) < 4.78 is 0. The van der Waals surface area contributed by atoms with E-state index in [2.05, 4.69) is 15.2 Å². The average molecular weight is 423 g/mol.